The Balaban J connectivity index is 1.86. The summed E-state index contributed by atoms with van der Waals surface area (Å²) >= 11 is 0. The molecule has 7 heteroatoms. The molecule has 1 unspecified atom stereocenters. The van der Waals surface area contributed by atoms with Crippen molar-refractivity contribution in [3.8, 4) is 5.75 Å². The van der Waals surface area contributed by atoms with Gasteiger partial charge in [0.25, 0.3) is 0 Å². The van der Waals surface area contributed by atoms with Crippen LogP contribution in [0.4, 0.5) is 0 Å². The molecule has 3 rings (SSSR count). The highest BCUT2D eigenvalue weighted by atomic mass is 16.5. The van der Waals surface area contributed by atoms with Crippen molar-refractivity contribution in [3.63, 3.8) is 0 Å². The van der Waals surface area contributed by atoms with Gasteiger partial charge in [-0.3, -0.25) is 0 Å². The lowest BCUT2D eigenvalue weighted by Crippen LogP contribution is -2.18. The van der Waals surface area contributed by atoms with E-state index in [1.54, 1.807) is 19.1 Å². The molecule has 0 aliphatic heterocycles. The number of esters is 1. The fourth-order valence-electron chi connectivity index (χ4n) is 2.30. The summed E-state index contributed by atoms with van der Waals surface area (Å²) in [5.74, 6) is -0.219. The van der Waals surface area contributed by atoms with E-state index in [0.717, 1.165) is 5.56 Å². The van der Waals surface area contributed by atoms with Crippen LogP contribution in [0.3, 0.4) is 0 Å². The monoisotopic (exact) mass is 327 g/mol. The van der Waals surface area contributed by atoms with Gasteiger partial charge in [-0.25, -0.2) is 14.3 Å². The number of carbonyl (C=O) groups is 1. The molecule has 2 aromatic heterocycles. The quantitative estimate of drug-likeness (QED) is 0.696. The van der Waals surface area contributed by atoms with Crippen LogP contribution in [0.1, 0.15) is 24.3 Å². The summed E-state index contributed by atoms with van der Waals surface area (Å²) in [4.78, 5) is 15.9. The van der Waals surface area contributed by atoms with Crippen LogP contribution in [-0.4, -0.2) is 32.3 Å². The number of ether oxygens (including phenoxy) is 2. The molecule has 3 aromatic rings. The molecular weight excluding hydrogens is 310 g/mol. The van der Waals surface area contributed by atoms with E-state index in [0.29, 0.717) is 18.0 Å². The Morgan fingerprint density at radius 3 is 2.79 bits per heavy atom. The molecule has 0 aliphatic rings. The van der Waals surface area contributed by atoms with Crippen LogP contribution in [0.5, 0.6) is 5.75 Å². The molecule has 124 valence electrons. The average Bonchev–Trinajstić information content (AvgIpc) is 3.10. The number of benzene rings is 1. The maximum absolute atomic E-state index is 11.7. The Labute approximate surface area is 138 Å². The molecule has 0 aliphatic carbocycles. The standard InChI is InChI=1S/C17H17N3O4/c1-2-23-17(22)15(21)13-8-9-14(16-18-11-19-20(13)16)24-10-12-6-4-3-5-7-12/h3-9,11,15,21H,2,10H2,1H3. The summed E-state index contributed by atoms with van der Waals surface area (Å²) < 4.78 is 12.0. The normalized spacial score (nSPS) is 12.1. The first-order valence-electron chi connectivity index (χ1n) is 7.54. The Kier molecular flexibility index (Phi) is 4.72. The Morgan fingerprint density at radius 1 is 1.25 bits per heavy atom. The highest BCUT2D eigenvalue weighted by molar-refractivity contribution is 5.76. The Bertz CT molecular complexity index is 832. The van der Waals surface area contributed by atoms with Crippen molar-refractivity contribution >= 4 is 11.6 Å². The fourth-order valence-corrected chi connectivity index (χ4v) is 2.30. The van der Waals surface area contributed by atoms with E-state index in [-0.39, 0.29) is 12.3 Å². The van der Waals surface area contributed by atoms with Crippen molar-refractivity contribution in [3.05, 3.63) is 60.0 Å². The fraction of sp³-hybridized carbons (Fsp3) is 0.235. The first kappa shape index (κ1) is 15.9. The van der Waals surface area contributed by atoms with Gasteiger partial charge in [0.05, 0.1) is 12.3 Å². The summed E-state index contributed by atoms with van der Waals surface area (Å²) in [5, 5.41) is 14.2. The van der Waals surface area contributed by atoms with E-state index in [1.165, 1.54) is 10.8 Å². The summed E-state index contributed by atoms with van der Waals surface area (Å²) in [5.41, 5.74) is 1.71. The van der Waals surface area contributed by atoms with Crippen LogP contribution in [0.15, 0.2) is 48.8 Å². The summed E-state index contributed by atoms with van der Waals surface area (Å²) in [6, 6.07) is 13.0. The van der Waals surface area contributed by atoms with E-state index in [2.05, 4.69) is 10.1 Å². The minimum atomic E-state index is -1.43. The van der Waals surface area contributed by atoms with Crippen LogP contribution >= 0.6 is 0 Å². The van der Waals surface area contributed by atoms with Gasteiger partial charge < -0.3 is 14.6 Å². The molecule has 0 fully saturated rings. The summed E-state index contributed by atoms with van der Waals surface area (Å²) in [7, 11) is 0. The highest BCUT2D eigenvalue weighted by Gasteiger charge is 2.23. The molecule has 1 aromatic carbocycles. The Morgan fingerprint density at radius 2 is 2.04 bits per heavy atom. The zero-order chi connectivity index (χ0) is 16.9. The van der Waals surface area contributed by atoms with E-state index < -0.39 is 12.1 Å². The van der Waals surface area contributed by atoms with Gasteiger partial charge in [-0.1, -0.05) is 30.3 Å². The Hall–Kier alpha value is -2.93. The van der Waals surface area contributed by atoms with Gasteiger partial charge in [0, 0.05) is 0 Å². The number of fused-ring (bicyclic) bond motifs is 1. The number of rotatable bonds is 6. The maximum Gasteiger partial charge on any atom is 0.341 e. The van der Waals surface area contributed by atoms with Crippen molar-refractivity contribution in [1.29, 1.82) is 0 Å². The number of aliphatic hydroxyl groups is 1. The number of aliphatic hydroxyl groups excluding tert-OH is 1. The zero-order valence-electron chi connectivity index (χ0n) is 13.1. The summed E-state index contributed by atoms with van der Waals surface area (Å²) in [6.45, 7) is 2.24. The van der Waals surface area contributed by atoms with Crippen LogP contribution in [0, 0.1) is 0 Å². The van der Waals surface area contributed by atoms with E-state index >= 15 is 0 Å². The minimum absolute atomic E-state index is 0.189. The van der Waals surface area contributed by atoms with Gasteiger partial charge in [0.1, 0.15) is 12.9 Å². The van der Waals surface area contributed by atoms with Gasteiger partial charge in [-0.05, 0) is 24.6 Å². The van der Waals surface area contributed by atoms with Gasteiger partial charge in [0.2, 0.25) is 0 Å². The van der Waals surface area contributed by atoms with Crippen molar-refractivity contribution in [1.82, 2.24) is 14.6 Å². The average molecular weight is 327 g/mol. The molecule has 24 heavy (non-hydrogen) atoms. The van der Waals surface area contributed by atoms with Crippen LogP contribution < -0.4 is 4.74 Å². The molecule has 0 amide bonds. The second-order valence-corrected chi connectivity index (χ2v) is 5.05. The first-order valence-corrected chi connectivity index (χ1v) is 7.54. The second-order valence-electron chi connectivity index (χ2n) is 5.05. The highest BCUT2D eigenvalue weighted by Crippen LogP contribution is 2.24. The number of hydrogen-bond donors (Lipinski definition) is 1. The van der Waals surface area contributed by atoms with Gasteiger partial charge in [-0.15, -0.1) is 0 Å². The second kappa shape index (κ2) is 7.10. The molecule has 0 bridgehead atoms. The van der Waals surface area contributed by atoms with Crippen molar-refractivity contribution in [2.75, 3.05) is 6.61 Å². The molecule has 7 nitrogen and oxygen atoms in total. The molecule has 2 heterocycles. The number of pyridine rings is 1. The maximum atomic E-state index is 11.7. The first-order chi connectivity index (χ1) is 11.7. The summed E-state index contributed by atoms with van der Waals surface area (Å²) in [6.07, 6.45) is -0.0937. The topological polar surface area (TPSA) is 86.0 Å². The SMILES string of the molecule is CCOC(=O)C(O)c1ccc(OCc2ccccc2)c2ncnn12. The van der Waals surface area contributed by atoms with Crippen LogP contribution in [0.2, 0.25) is 0 Å². The molecule has 1 atom stereocenters. The molecule has 0 saturated heterocycles. The van der Waals surface area contributed by atoms with Crippen LogP contribution in [0.25, 0.3) is 5.65 Å². The largest absolute Gasteiger partial charge is 0.485 e. The van der Waals surface area contributed by atoms with E-state index in [1.807, 2.05) is 30.3 Å². The van der Waals surface area contributed by atoms with Gasteiger partial charge in [0.15, 0.2) is 17.5 Å². The van der Waals surface area contributed by atoms with E-state index in [4.69, 9.17) is 9.47 Å². The number of nitrogens with zero attached hydrogens (tertiary/aromatic N) is 3. The van der Waals surface area contributed by atoms with Crippen molar-refractivity contribution in [2.24, 2.45) is 0 Å². The minimum Gasteiger partial charge on any atom is -0.485 e. The smallest absolute Gasteiger partial charge is 0.341 e. The van der Waals surface area contributed by atoms with Gasteiger partial charge in [-0.2, -0.15) is 5.10 Å². The predicted octanol–water partition coefficient (Wildman–Crippen LogP) is 1.90. The predicted molar refractivity (Wildman–Crippen MR) is 85.4 cm³/mol. The zero-order valence-corrected chi connectivity index (χ0v) is 13.1. The lowest BCUT2D eigenvalue weighted by atomic mass is 10.2. The molecule has 1 N–H and O–H groups in total. The van der Waals surface area contributed by atoms with Crippen molar-refractivity contribution < 1.29 is 19.4 Å². The number of carbonyl (C=O) groups excluding carboxylic acids is 1. The third-order valence-electron chi connectivity index (χ3n) is 3.45. The van der Waals surface area contributed by atoms with Crippen LogP contribution in [-0.2, 0) is 16.1 Å². The van der Waals surface area contributed by atoms with Gasteiger partial charge >= 0.3 is 5.97 Å². The molecular formula is C17H17N3O4. The molecule has 0 radical (unpaired) electrons. The molecule has 0 spiro atoms. The third kappa shape index (κ3) is 3.21. The third-order valence-corrected chi connectivity index (χ3v) is 3.45. The molecule has 0 saturated carbocycles. The lowest BCUT2D eigenvalue weighted by molar-refractivity contribution is -0.153. The lowest BCUT2D eigenvalue weighted by Gasteiger charge is -2.13. The van der Waals surface area contributed by atoms with Crippen molar-refractivity contribution in [2.45, 2.75) is 19.6 Å². The number of aromatic nitrogens is 3. The van der Waals surface area contributed by atoms with E-state index in [9.17, 15) is 9.90 Å². The number of hydrogen-bond acceptors (Lipinski definition) is 6.